The average molecular weight is 342 g/mol. The maximum atomic E-state index is 9.66. The van der Waals surface area contributed by atoms with Gasteiger partial charge in [-0.05, 0) is 36.6 Å². The van der Waals surface area contributed by atoms with E-state index in [1.807, 2.05) is 12.1 Å². The highest BCUT2D eigenvalue weighted by molar-refractivity contribution is 9.10. The second-order valence-corrected chi connectivity index (χ2v) is 6.29. The summed E-state index contributed by atoms with van der Waals surface area (Å²) in [5.41, 5.74) is 1.11. The maximum absolute atomic E-state index is 9.66. The molecular weight excluding hydrogens is 322 g/mol. The Labute approximate surface area is 127 Å². The van der Waals surface area contributed by atoms with Gasteiger partial charge in [-0.25, -0.2) is 0 Å². The van der Waals surface area contributed by atoms with Crippen LogP contribution in [0, 0.1) is 0 Å². The van der Waals surface area contributed by atoms with Gasteiger partial charge in [-0.1, -0.05) is 15.9 Å². The molecule has 0 saturated carbocycles. The SMILES string of the molecule is Oc1ccc(Br)c(CN2CCOCC2C2CCCO2)c1. The number of phenolic OH excluding ortho intramolecular Hbond substituents is 1. The zero-order valence-corrected chi connectivity index (χ0v) is 13.0. The molecule has 0 spiro atoms. The first-order chi connectivity index (χ1) is 9.74. The van der Waals surface area contributed by atoms with Gasteiger partial charge in [0.25, 0.3) is 0 Å². The molecule has 110 valence electrons. The Morgan fingerprint density at radius 1 is 1.35 bits per heavy atom. The Kier molecular flexibility index (Phi) is 4.61. The number of hydrogen-bond donors (Lipinski definition) is 1. The molecule has 3 rings (SSSR count). The highest BCUT2D eigenvalue weighted by Crippen LogP contribution is 2.27. The average Bonchev–Trinajstić information content (AvgIpc) is 2.97. The van der Waals surface area contributed by atoms with Crippen LogP contribution in [0.3, 0.4) is 0 Å². The molecule has 2 fully saturated rings. The minimum Gasteiger partial charge on any atom is -0.508 e. The van der Waals surface area contributed by atoms with Crippen LogP contribution in [0.15, 0.2) is 22.7 Å². The molecule has 4 nitrogen and oxygen atoms in total. The predicted octanol–water partition coefficient (Wildman–Crippen LogP) is 2.53. The molecule has 20 heavy (non-hydrogen) atoms. The van der Waals surface area contributed by atoms with Gasteiger partial charge in [0.1, 0.15) is 5.75 Å². The molecule has 0 amide bonds. The normalized spacial score (nSPS) is 27.9. The Bertz CT molecular complexity index is 462. The van der Waals surface area contributed by atoms with Gasteiger partial charge >= 0.3 is 0 Å². The molecule has 0 aliphatic carbocycles. The van der Waals surface area contributed by atoms with Crippen LogP contribution in [-0.4, -0.2) is 48.5 Å². The number of ether oxygens (including phenoxy) is 2. The first kappa shape index (κ1) is 14.3. The van der Waals surface area contributed by atoms with Crippen molar-refractivity contribution in [1.29, 1.82) is 0 Å². The second-order valence-electron chi connectivity index (χ2n) is 5.44. The quantitative estimate of drug-likeness (QED) is 0.917. The van der Waals surface area contributed by atoms with E-state index in [1.54, 1.807) is 6.07 Å². The predicted molar refractivity (Wildman–Crippen MR) is 79.8 cm³/mol. The van der Waals surface area contributed by atoms with Crippen molar-refractivity contribution in [2.24, 2.45) is 0 Å². The third-order valence-electron chi connectivity index (χ3n) is 4.08. The van der Waals surface area contributed by atoms with E-state index in [0.717, 1.165) is 55.8 Å². The van der Waals surface area contributed by atoms with Gasteiger partial charge in [0.2, 0.25) is 0 Å². The number of nitrogens with zero attached hydrogens (tertiary/aromatic N) is 1. The Balaban J connectivity index is 1.74. The molecule has 2 heterocycles. The zero-order valence-electron chi connectivity index (χ0n) is 11.4. The molecular formula is C15H20BrNO3. The van der Waals surface area contributed by atoms with Gasteiger partial charge in [0.05, 0.1) is 25.4 Å². The monoisotopic (exact) mass is 341 g/mol. The molecule has 2 aliphatic heterocycles. The van der Waals surface area contributed by atoms with Crippen molar-refractivity contribution in [2.75, 3.05) is 26.4 Å². The summed E-state index contributed by atoms with van der Waals surface area (Å²) in [4.78, 5) is 2.42. The van der Waals surface area contributed by atoms with E-state index in [0.29, 0.717) is 11.8 Å². The number of benzene rings is 1. The lowest BCUT2D eigenvalue weighted by Crippen LogP contribution is -2.51. The van der Waals surface area contributed by atoms with Crippen LogP contribution < -0.4 is 0 Å². The Hall–Kier alpha value is -0.620. The molecule has 1 aromatic rings. The van der Waals surface area contributed by atoms with Crippen molar-refractivity contribution in [2.45, 2.75) is 31.5 Å². The van der Waals surface area contributed by atoms with Crippen molar-refractivity contribution >= 4 is 15.9 Å². The lowest BCUT2D eigenvalue weighted by Gasteiger charge is -2.38. The molecule has 0 radical (unpaired) electrons. The van der Waals surface area contributed by atoms with E-state index in [1.165, 1.54) is 0 Å². The van der Waals surface area contributed by atoms with E-state index in [-0.39, 0.29) is 6.10 Å². The fourth-order valence-corrected chi connectivity index (χ4v) is 3.38. The van der Waals surface area contributed by atoms with Crippen LogP contribution in [0.25, 0.3) is 0 Å². The first-order valence-electron chi connectivity index (χ1n) is 7.15. The van der Waals surface area contributed by atoms with Crippen LogP contribution >= 0.6 is 15.9 Å². The van der Waals surface area contributed by atoms with Crippen LogP contribution in [0.2, 0.25) is 0 Å². The van der Waals surface area contributed by atoms with Gasteiger partial charge < -0.3 is 14.6 Å². The fraction of sp³-hybridized carbons (Fsp3) is 0.600. The van der Waals surface area contributed by atoms with Crippen molar-refractivity contribution in [3.8, 4) is 5.75 Å². The van der Waals surface area contributed by atoms with Gasteiger partial charge in [-0.3, -0.25) is 4.90 Å². The van der Waals surface area contributed by atoms with Gasteiger partial charge in [0, 0.05) is 24.2 Å². The van der Waals surface area contributed by atoms with E-state index < -0.39 is 0 Å². The summed E-state index contributed by atoms with van der Waals surface area (Å²) in [5, 5.41) is 9.66. The van der Waals surface area contributed by atoms with Crippen LogP contribution in [0.5, 0.6) is 5.75 Å². The van der Waals surface area contributed by atoms with Gasteiger partial charge in [-0.2, -0.15) is 0 Å². The molecule has 2 unspecified atom stereocenters. The van der Waals surface area contributed by atoms with Crippen LogP contribution in [0.1, 0.15) is 18.4 Å². The third kappa shape index (κ3) is 3.17. The standard InChI is InChI=1S/C15H20BrNO3/c16-13-4-3-12(18)8-11(13)9-17-5-7-19-10-14(17)15-2-1-6-20-15/h3-4,8,14-15,18H,1-2,5-7,9-10H2. The van der Waals surface area contributed by atoms with E-state index in [9.17, 15) is 5.11 Å². The number of aromatic hydroxyl groups is 1. The summed E-state index contributed by atoms with van der Waals surface area (Å²) in [7, 11) is 0. The summed E-state index contributed by atoms with van der Waals surface area (Å²) in [5.74, 6) is 0.310. The van der Waals surface area contributed by atoms with E-state index >= 15 is 0 Å². The molecule has 2 atom stereocenters. The number of phenols is 1. The first-order valence-corrected chi connectivity index (χ1v) is 7.94. The number of halogens is 1. The highest BCUT2D eigenvalue weighted by atomic mass is 79.9. The highest BCUT2D eigenvalue weighted by Gasteiger charge is 2.33. The number of hydrogen-bond acceptors (Lipinski definition) is 4. The zero-order chi connectivity index (χ0) is 13.9. The summed E-state index contributed by atoms with van der Waals surface area (Å²) in [6.07, 6.45) is 2.54. The number of rotatable bonds is 3. The van der Waals surface area contributed by atoms with Crippen molar-refractivity contribution in [3.05, 3.63) is 28.2 Å². The molecule has 1 aromatic carbocycles. The second kappa shape index (κ2) is 6.43. The van der Waals surface area contributed by atoms with Gasteiger partial charge in [-0.15, -0.1) is 0 Å². The van der Waals surface area contributed by atoms with Crippen molar-refractivity contribution < 1.29 is 14.6 Å². The third-order valence-corrected chi connectivity index (χ3v) is 4.85. The number of morpholine rings is 1. The minimum absolute atomic E-state index is 0.284. The topological polar surface area (TPSA) is 41.9 Å². The molecule has 1 N–H and O–H groups in total. The lowest BCUT2D eigenvalue weighted by atomic mass is 10.0. The summed E-state index contributed by atoms with van der Waals surface area (Å²) in [6, 6.07) is 5.74. The van der Waals surface area contributed by atoms with E-state index in [4.69, 9.17) is 9.47 Å². The summed E-state index contributed by atoms with van der Waals surface area (Å²) in [6.45, 7) is 4.08. The molecule has 2 saturated heterocycles. The Morgan fingerprint density at radius 2 is 2.25 bits per heavy atom. The minimum atomic E-state index is 0.284. The maximum Gasteiger partial charge on any atom is 0.115 e. The summed E-state index contributed by atoms with van der Waals surface area (Å²) >= 11 is 3.56. The molecule has 5 heteroatoms. The van der Waals surface area contributed by atoms with Gasteiger partial charge in [0.15, 0.2) is 0 Å². The van der Waals surface area contributed by atoms with Crippen LogP contribution in [-0.2, 0) is 16.0 Å². The van der Waals surface area contributed by atoms with E-state index in [2.05, 4.69) is 20.8 Å². The smallest absolute Gasteiger partial charge is 0.115 e. The van der Waals surface area contributed by atoms with Crippen LogP contribution in [0.4, 0.5) is 0 Å². The fourth-order valence-electron chi connectivity index (χ4n) is 3.00. The largest absolute Gasteiger partial charge is 0.508 e. The van der Waals surface area contributed by atoms with Crippen molar-refractivity contribution in [3.63, 3.8) is 0 Å². The summed E-state index contributed by atoms with van der Waals surface area (Å²) < 4.78 is 12.5. The van der Waals surface area contributed by atoms with Crippen molar-refractivity contribution in [1.82, 2.24) is 4.90 Å². The molecule has 0 bridgehead atoms. The lowest BCUT2D eigenvalue weighted by molar-refractivity contribution is -0.0685. The molecule has 0 aromatic heterocycles. The Morgan fingerprint density at radius 3 is 3.05 bits per heavy atom. The molecule has 2 aliphatic rings.